The molecule has 2 aromatic rings. The van der Waals surface area contributed by atoms with Gasteiger partial charge in [0, 0.05) is 24.6 Å². The molecule has 1 saturated heterocycles. The number of hydrogen-bond donors (Lipinski definition) is 1. The zero-order valence-electron chi connectivity index (χ0n) is 14.9. The SMILES string of the molecule is CC(O)C1CCCN(C(=O)c2ccccc2CCc2ccccc2)C1. The third-order valence-electron chi connectivity index (χ3n) is 5.20. The molecule has 2 aromatic carbocycles. The summed E-state index contributed by atoms with van der Waals surface area (Å²) in [5.74, 6) is 0.295. The van der Waals surface area contributed by atoms with Crippen LogP contribution in [0.15, 0.2) is 54.6 Å². The first-order valence-corrected chi connectivity index (χ1v) is 9.24. The van der Waals surface area contributed by atoms with Crippen molar-refractivity contribution in [2.45, 2.75) is 38.7 Å². The number of benzene rings is 2. The molecule has 132 valence electrons. The van der Waals surface area contributed by atoms with Crippen LogP contribution in [-0.4, -0.2) is 35.1 Å². The van der Waals surface area contributed by atoms with Crippen molar-refractivity contribution in [2.24, 2.45) is 5.92 Å². The second-order valence-electron chi connectivity index (χ2n) is 7.04. The average molecular weight is 337 g/mol. The Morgan fingerprint density at radius 2 is 1.84 bits per heavy atom. The van der Waals surface area contributed by atoms with E-state index in [1.165, 1.54) is 5.56 Å². The van der Waals surface area contributed by atoms with Gasteiger partial charge in [0.05, 0.1) is 6.10 Å². The molecule has 0 saturated carbocycles. The Labute approximate surface area is 150 Å². The number of carbonyl (C=O) groups is 1. The van der Waals surface area contributed by atoms with E-state index in [0.717, 1.165) is 43.4 Å². The predicted molar refractivity (Wildman–Crippen MR) is 101 cm³/mol. The number of carbonyl (C=O) groups excluding carboxylic acids is 1. The fourth-order valence-corrected chi connectivity index (χ4v) is 3.63. The van der Waals surface area contributed by atoms with Crippen molar-refractivity contribution >= 4 is 5.91 Å². The van der Waals surface area contributed by atoms with Crippen LogP contribution in [0.1, 0.15) is 41.3 Å². The summed E-state index contributed by atoms with van der Waals surface area (Å²) in [5.41, 5.74) is 3.21. The van der Waals surface area contributed by atoms with Gasteiger partial charge >= 0.3 is 0 Å². The maximum atomic E-state index is 13.0. The summed E-state index contributed by atoms with van der Waals surface area (Å²) in [6.45, 7) is 3.27. The van der Waals surface area contributed by atoms with Crippen LogP contribution in [0.25, 0.3) is 0 Å². The van der Waals surface area contributed by atoms with Crippen LogP contribution in [0.5, 0.6) is 0 Å². The number of amides is 1. The van der Waals surface area contributed by atoms with Gasteiger partial charge in [-0.15, -0.1) is 0 Å². The molecule has 3 nitrogen and oxygen atoms in total. The Hall–Kier alpha value is -2.13. The number of likely N-dealkylation sites (tertiary alicyclic amines) is 1. The van der Waals surface area contributed by atoms with Gasteiger partial charge in [0.25, 0.3) is 5.91 Å². The molecule has 25 heavy (non-hydrogen) atoms. The summed E-state index contributed by atoms with van der Waals surface area (Å²) in [4.78, 5) is 15.0. The molecule has 1 heterocycles. The summed E-state index contributed by atoms with van der Waals surface area (Å²) < 4.78 is 0. The Balaban J connectivity index is 1.72. The molecule has 1 aliphatic rings. The molecule has 0 aliphatic carbocycles. The molecule has 0 radical (unpaired) electrons. The van der Waals surface area contributed by atoms with Gasteiger partial charge in [-0.2, -0.15) is 0 Å². The Morgan fingerprint density at radius 3 is 2.60 bits per heavy atom. The second-order valence-corrected chi connectivity index (χ2v) is 7.04. The molecular weight excluding hydrogens is 310 g/mol. The van der Waals surface area contributed by atoms with Crippen molar-refractivity contribution in [3.63, 3.8) is 0 Å². The smallest absolute Gasteiger partial charge is 0.254 e. The van der Waals surface area contributed by atoms with Crippen molar-refractivity contribution < 1.29 is 9.90 Å². The van der Waals surface area contributed by atoms with Crippen LogP contribution in [0, 0.1) is 5.92 Å². The topological polar surface area (TPSA) is 40.5 Å². The highest BCUT2D eigenvalue weighted by Crippen LogP contribution is 2.23. The second kappa shape index (κ2) is 8.30. The zero-order valence-corrected chi connectivity index (χ0v) is 14.9. The lowest BCUT2D eigenvalue weighted by molar-refractivity contribution is 0.0465. The number of hydrogen-bond acceptors (Lipinski definition) is 2. The lowest BCUT2D eigenvalue weighted by atomic mass is 9.92. The number of aryl methyl sites for hydroxylation is 2. The van der Waals surface area contributed by atoms with Gasteiger partial charge in [0.2, 0.25) is 0 Å². The van der Waals surface area contributed by atoms with Crippen LogP contribution in [0.3, 0.4) is 0 Å². The molecule has 2 atom stereocenters. The maximum absolute atomic E-state index is 13.0. The first-order valence-electron chi connectivity index (χ1n) is 9.24. The van der Waals surface area contributed by atoms with Gasteiger partial charge in [-0.05, 0) is 49.8 Å². The van der Waals surface area contributed by atoms with Gasteiger partial charge in [-0.3, -0.25) is 4.79 Å². The minimum atomic E-state index is -0.357. The molecule has 3 rings (SSSR count). The normalized spacial score (nSPS) is 18.8. The maximum Gasteiger partial charge on any atom is 0.254 e. The first-order chi connectivity index (χ1) is 12.1. The van der Waals surface area contributed by atoms with E-state index in [-0.39, 0.29) is 17.9 Å². The van der Waals surface area contributed by atoms with Crippen LogP contribution in [0.2, 0.25) is 0 Å². The van der Waals surface area contributed by atoms with Gasteiger partial charge in [-0.25, -0.2) is 0 Å². The fraction of sp³-hybridized carbons (Fsp3) is 0.409. The molecule has 0 spiro atoms. The van der Waals surface area contributed by atoms with E-state index in [0.29, 0.717) is 6.54 Å². The molecule has 0 aromatic heterocycles. The highest BCUT2D eigenvalue weighted by atomic mass is 16.3. The number of nitrogens with zero attached hydrogens (tertiary/aromatic N) is 1. The number of aliphatic hydroxyl groups is 1. The number of aliphatic hydroxyl groups excluding tert-OH is 1. The summed E-state index contributed by atoms with van der Waals surface area (Å²) in [5, 5.41) is 9.87. The highest BCUT2D eigenvalue weighted by molar-refractivity contribution is 5.95. The first kappa shape index (κ1) is 17.7. The van der Waals surface area contributed by atoms with E-state index >= 15 is 0 Å². The minimum absolute atomic E-state index is 0.106. The summed E-state index contributed by atoms with van der Waals surface area (Å²) in [6, 6.07) is 18.3. The average Bonchev–Trinajstić information content (AvgIpc) is 2.67. The van der Waals surface area contributed by atoms with E-state index < -0.39 is 0 Å². The van der Waals surface area contributed by atoms with Crippen LogP contribution < -0.4 is 0 Å². The molecule has 0 bridgehead atoms. The molecule has 1 amide bonds. The quantitative estimate of drug-likeness (QED) is 0.904. The van der Waals surface area contributed by atoms with E-state index in [9.17, 15) is 9.90 Å². The van der Waals surface area contributed by atoms with E-state index in [2.05, 4.69) is 30.3 Å². The monoisotopic (exact) mass is 337 g/mol. The molecule has 3 heteroatoms. The Bertz CT molecular complexity index is 696. The number of piperidine rings is 1. The van der Waals surface area contributed by atoms with Crippen molar-refractivity contribution in [3.8, 4) is 0 Å². The van der Waals surface area contributed by atoms with Gasteiger partial charge in [0.1, 0.15) is 0 Å². The Morgan fingerprint density at radius 1 is 1.12 bits per heavy atom. The van der Waals surface area contributed by atoms with Crippen LogP contribution >= 0.6 is 0 Å². The fourth-order valence-electron chi connectivity index (χ4n) is 3.63. The summed E-state index contributed by atoms with van der Waals surface area (Å²) in [7, 11) is 0. The van der Waals surface area contributed by atoms with E-state index in [1.54, 1.807) is 0 Å². The van der Waals surface area contributed by atoms with E-state index in [4.69, 9.17) is 0 Å². The van der Waals surface area contributed by atoms with Gasteiger partial charge < -0.3 is 10.0 Å². The molecule has 1 fully saturated rings. The molecular formula is C22H27NO2. The lowest BCUT2D eigenvalue weighted by Crippen LogP contribution is -2.43. The third kappa shape index (κ3) is 4.49. The van der Waals surface area contributed by atoms with Gasteiger partial charge in [-0.1, -0.05) is 48.5 Å². The largest absolute Gasteiger partial charge is 0.393 e. The lowest BCUT2D eigenvalue weighted by Gasteiger charge is -2.34. The predicted octanol–water partition coefficient (Wildman–Crippen LogP) is 3.70. The summed E-state index contributed by atoms with van der Waals surface area (Å²) >= 11 is 0. The van der Waals surface area contributed by atoms with Crippen molar-refractivity contribution in [3.05, 3.63) is 71.3 Å². The molecule has 1 N–H and O–H groups in total. The molecule has 1 aliphatic heterocycles. The van der Waals surface area contributed by atoms with Crippen molar-refractivity contribution in [2.75, 3.05) is 13.1 Å². The van der Waals surface area contributed by atoms with Crippen molar-refractivity contribution in [1.82, 2.24) is 4.90 Å². The van der Waals surface area contributed by atoms with Crippen LogP contribution in [-0.2, 0) is 12.8 Å². The number of rotatable bonds is 5. The van der Waals surface area contributed by atoms with Crippen molar-refractivity contribution in [1.29, 1.82) is 0 Å². The zero-order chi connectivity index (χ0) is 17.6. The van der Waals surface area contributed by atoms with Crippen LogP contribution in [0.4, 0.5) is 0 Å². The van der Waals surface area contributed by atoms with Gasteiger partial charge in [0.15, 0.2) is 0 Å². The standard InChI is InChI=1S/C22H27NO2/c1-17(24)20-11-7-15-23(16-20)22(25)21-12-6-5-10-19(21)14-13-18-8-3-2-4-9-18/h2-6,8-10,12,17,20,24H,7,11,13-16H2,1H3. The minimum Gasteiger partial charge on any atom is -0.393 e. The third-order valence-corrected chi connectivity index (χ3v) is 5.20. The Kier molecular flexibility index (Phi) is 5.87. The van der Waals surface area contributed by atoms with E-state index in [1.807, 2.05) is 36.1 Å². The molecule has 2 unspecified atom stereocenters. The highest BCUT2D eigenvalue weighted by Gasteiger charge is 2.27. The summed E-state index contributed by atoms with van der Waals surface area (Å²) in [6.07, 6.45) is 3.40.